The highest BCUT2D eigenvalue weighted by Crippen LogP contribution is 2.30. The third kappa shape index (κ3) is 31.3. The average molecular weight is 1040 g/mol. The van der Waals surface area contributed by atoms with E-state index in [1.165, 1.54) is 167 Å². The van der Waals surface area contributed by atoms with Gasteiger partial charge in [0.15, 0.2) is 12.6 Å². The summed E-state index contributed by atoms with van der Waals surface area (Å²) in [5.74, 6) is -0.253. The van der Waals surface area contributed by atoms with Crippen LogP contribution < -0.4 is 5.32 Å². The van der Waals surface area contributed by atoms with Crippen molar-refractivity contribution < 1.29 is 64.6 Å². The molecule has 14 heteroatoms. The highest BCUT2D eigenvalue weighted by atomic mass is 16.7. The summed E-state index contributed by atoms with van der Waals surface area (Å²) < 4.78 is 22.8. The van der Waals surface area contributed by atoms with E-state index >= 15 is 0 Å². The first-order valence-corrected chi connectivity index (χ1v) is 29.7. The largest absolute Gasteiger partial charge is 0.394 e. The number of ether oxygens (including phenoxy) is 4. The van der Waals surface area contributed by atoms with Gasteiger partial charge < -0.3 is 65.1 Å². The van der Waals surface area contributed by atoms with Crippen LogP contribution in [0, 0.1) is 0 Å². The van der Waals surface area contributed by atoms with Crippen LogP contribution in [0.3, 0.4) is 0 Å². The molecule has 0 spiro atoms. The molecule has 9 N–H and O–H groups in total. The molecule has 2 saturated heterocycles. The first-order valence-electron chi connectivity index (χ1n) is 29.7. The lowest BCUT2D eigenvalue weighted by Gasteiger charge is -2.46. The van der Waals surface area contributed by atoms with Crippen LogP contribution >= 0.6 is 0 Å². The molecule has 12 unspecified atom stereocenters. The number of hydrogen-bond acceptors (Lipinski definition) is 13. The van der Waals surface area contributed by atoms with Crippen LogP contribution in [0.5, 0.6) is 0 Å². The second-order valence-corrected chi connectivity index (χ2v) is 21.1. The average Bonchev–Trinajstić information content (AvgIpc) is 3.39. The van der Waals surface area contributed by atoms with Crippen LogP contribution in [0.4, 0.5) is 0 Å². The summed E-state index contributed by atoms with van der Waals surface area (Å²) in [6.07, 6.45) is 37.5. The van der Waals surface area contributed by atoms with E-state index in [2.05, 4.69) is 43.5 Å². The Hall–Kier alpha value is -1.79. The summed E-state index contributed by atoms with van der Waals surface area (Å²) >= 11 is 0. The Balaban J connectivity index is 1.79. The number of aliphatic hydroxyl groups excluding tert-OH is 8. The highest BCUT2D eigenvalue weighted by Gasteiger charge is 2.51. The zero-order valence-corrected chi connectivity index (χ0v) is 45.9. The summed E-state index contributed by atoms with van der Waals surface area (Å²) in [5.41, 5.74) is 0. The zero-order chi connectivity index (χ0) is 53.2. The second kappa shape index (κ2) is 45.3. The smallest absolute Gasteiger partial charge is 0.220 e. The summed E-state index contributed by atoms with van der Waals surface area (Å²) in [5, 5.41) is 87.0. The molecule has 0 aromatic heterocycles. The lowest BCUT2D eigenvalue weighted by atomic mass is 9.97. The third-order valence-corrected chi connectivity index (χ3v) is 14.5. The van der Waals surface area contributed by atoms with Gasteiger partial charge in [0.05, 0.1) is 32.0 Å². The normalized spacial score (nSPS) is 25.6. The SMILES string of the molecule is CCCCCCCC/C=C\CCCCCCCCCC(=O)NC(COC1OC(CO)C(OC2OC(CO)C(O)C(O)C2O)C(O)C1O)C(O)/C=C/CC/C=C/CCCCCCCCCCCCCCCCCC. The molecule has 2 rings (SSSR count). The summed E-state index contributed by atoms with van der Waals surface area (Å²) in [4.78, 5) is 13.2. The van der Waals surface area contributed by atoms with Crippen molar-refractivity contribution in [2.45, 2.75) is 312 Å². The van der Waals surface area contributed by atoms with Crippen molar-refractivity contribution in [1.82, 2.24) is 5.32 Å². The van der Waals surface area contributed by atoms with E-state index in [1.807, 2.05) is 6.08 Å². The Morgan fingerprint density at radius 3 is 1.34 bits per heavy atom. The number of carbonyl (C=O) groups excluding carboxylic acids is 1. The monoisotopic (exact) mass is 1040 g/mol. The maximum Gasteiger partial charge on any atom is 0.220 e. The predicted molar refractivity (Wildman–Crippen MR) is 291 cm³/mol. The van der Waals surface area contributed by atoms with Crippen LogP contribution in [-0.4, -0.2) is 140 Å². The van der Waals surface area contributed by atoms with E-state index in [0.29, 0.717) is 12.8 Å². The summed E-state index contributed by atoms with van der Waals surface area (Å²) in [6.45, 7) is 2.79. The van der Waals surface area contributed by atoms with Crippen LogP contribution in [-0.2, 0) is 23.7 Å². The molecular weight excluding hydrogens is 931 g/mol. The Morgan fingerprint density at radius 2 is 0.877 bits per heavy atom. The van der Waals surface area contributed by atoms with Gasteiger partial charge in [0.25, 0.3) is 0 Å². The minimum atomic E-state index is -1.79. The van der Waals surface area contributed by atoms with E-state index in [0.717, 1.165) is 38.5 Å². The van der Waals surface area contributed by atoms with Gasteiger partial charge in [-0.1, -0.05) is 211 Å². The lowest BCUT2D eigenvalue weighted by Crippen LogP contribution is -2.65. The Kier molecular flexibility index (Phi) is 41.7. The minimum absolute atomic E-state index is 0.253. The fraction of sp³-hybridized carbons (Fsp3) is 0.881. The molecule has 0 bridgehead atoms. The number of rotatable bonds is 47. The molecule has 2 heterocycles. The van der Waals surface area contributed by atoms with Crippen molar-refractivity contribution in [3.63, 3.8) is 0 Å². The standard InChI is InChI=1S/C59H109NO13/c1-3-5-7-9-11-13-15-17-19-21-22-23-24-25-27-28-30-32-34-36-38-40-42-48(63)47(60-51(64)43-41-39-37-35-33-31-29-26-20-18-16-14-12-10-8-6-4-2)46-70-58-56(69)54(67)57(50(45-62)72-58)73-59-55(68)53(66)52(65)49(44-61)71-59/h18,20,32,34,40,42,47-50,52-59,61-63,65-69H,3-17,19,21-31,33,35-39,41,43-46H2,1-2H3,(H,60,64)/b20-18-,34-32+,42-40+. The molecule has 14 nitrogen and oxygen atoms in total. The number of carbonyl (C=O) groups is 1. The van der Waals surface area contributed by atoms with E-state index in [1.54, 1.807) is 6.08 Å². The molecule has 0 aliphatic carbocycles. The maximum absolute atomic E-state index is 13.2. The number of nitrogens with one attached hydrogen (secondary N) is 1. The summed E-state index contributed by atoms with van der Waals surface area (Å²) in [7, 11) is 0. The van der Waals surface area contributed by atoms with Gasteiger partial charge >= 0.3 is 0 Å². The van der Waals surface area contributed by atoms with Crippen LogP contribution in [0.1, 0.15) is 239 Å². The van der Waals surface area contributed by atoms with E-state index in [-0.39, 0.29) is 18.9 Å². The van der Waals surface area contributed by atoms with E-state index < -0.39 is 86.8 Å². The first-order chi connectivity index (χ1) is 35.6. The molecule has 0 saturated carbocycles. The molecular formula is C59H109NO13. The quantitative estimate of drug-likeness (QED) is 0.0205. The molecule has 0 radical (unpaired) electrons. The molecule has 2 aliphatic heterocycles. The van der Waals surface area contributed by atoms with Gasteiger partial charge in [0, 0.05) is 6.42 Å². The lowest BCUT2D eigenvalue weighted by molar-refractivity contribution is -0.359. The van der Waals surface area contributed by atoms with Crippen LogP contribution in [0.25, 0.3) is 0 Å². The fourth-order valence-corrected chi connectivity index (χ4v) is 9.71. The Morgan fingerprint density at radius 1 is 0.479 bits per heavy atom. The molecule has 1 amide bonds. The van der Waals surface area contributed by atoms with Gasteiger partial charge in [-0.3, -0.25) is 4.79 Å². The number of amides is 1. The molecule has 2 aliphatic rings. The van der Waals surface area contributed by atoms with E-state index in [9.17, 15) is 45.6 Å². The second-order valence-electron chi connectivity index (χ2n) is 21.1. The number of unbranched alkanes of at least 4 members (excludes halogenated alkanes) is 30. The summed E-state index contributed by atoms with van der Waals surface area (Å²) in [6, 6.07) is -0.933. The van der Waals surface area contributed by atoms with Crippen molar-refractivity contribution in [2.24, 2.45) is 0 Å². The zero-order valence-electron chi connectivity index (χ0n) is 45.9. The minimum Gasteiger partial charge on any atom is -0.394 e. The Labute approximate surface area is 442 Å². The van der Waals surface area contributed by atoms with Gasteiger partial charge in [0.1, 0.15) is 48.8 Å². The van der Waals surface area contributed by atoms with Crippen molar-refractivity contribution in [1.29, 1.82) is 0 Å². The molecule has 0 aromatic carbocycles. The van der Waals surface area contributed by atoms with Crippen LogP contribution in [0.15, 0.2) is 36.5 Å². The van der Waals surface area contributed by atoms with E-state index in [4.69, 9.17) is 18.9 Å². The van der Waals surface area contributed by atoms with Crippen molar-refractivity contribution in [2.75, 3.05) is 19.8 Å². The number of allylic oxidation sites excluding steroid dienone is 5. The maximum atomic E-state index is 13.2. The highest BCUT2D eigenvalue weighted by molar-refractivity contribution is 5.76. The van der Waals surface area contributed by atoms with Gasteiger partial charge in [-0.2, -0.15) is 0 Å². The fourth-order valence-electron chi connectivity index (χ4n) is 9.71. The molecule has 2 fully saturated rings. The molecule has 12 atom stereocenters. The van der Waals surface area contributed by atoms with Crippen LogP contribution in [0.2, 0.25) is 0 Å². The molecule has 0 aromatic rings. The first kappa shape index (κ1) is 67.3. The van der Waals surface area contributed by atoms with Crippen molar-refractivity contribution in [3.8, 4) is 0 Å². The predicted octanol–water partition coefficient (Wildman–Crippen LogP) is 9.83. The Bertz CT molecular complexity index is 1370. The van der Waals surface area contributed by atoms with Crippen molar-refractivity contribution >= 4 is 5.91 Å². The van der Waals surface area contributed by atoms with Gasteiger partial charge in [-0.25, -0.2) is 0 Å². The van der Waals surface area contributed by atoms with Gasteiger partial charge in [-0.05, 0) is 57.8 Å². The number of aliphatic hydroxyl groups is 8. The third-order valence-electron chi connectivity index (χ3n) is 14.5. The van der Waals surface area contributed by atoms with Gasteiger partial charge in [-0.15, -0.1) is 0 Å². The topological polar surface area (TPSA) is 228 Å². The molecule has 73 heavy (non-hydrogen) atoms. The molecule has 428 valence electrons. The van der Waals surface area contributed by atoms with Gasteiger partial charge in [0.2, 0.25) is 5.91 Å². The van der Waals surface area contributed by atoms with Crippen molar-refractivity contribution in [3.05, 3.63) is 36.5 Å². The number of hydrogen-bond donors (Lipinski definition) is 9.